The average molecular weight is 384 g/mol. The molecular weight excluding hydrogens is 350 g/mol. The third-order valence-corrected chi connectivity index (χ3v) is 5.93. The van der Waals surface area contributed by atoms with Gasteiger partial charge in [0.25, 0.3) is 0 Å². The molecule has 1 aliphatic heterocycles. The molecule has 0 amide bonds. The predicted molar refractivity (Wildman–Crippen MR) is 112 cm³/mol. The first-order chi connectivity index (χ1) is 13.7. The molecule has 0 spiro atoms. The zero-order chi connectivity index (χ0) is 19.7. The van der Waals surface area contributed by atoms with Crippen molar-refractivity contribution in [2.24, 2.45) is 5.41 Å². The maximum Gasteiger partial charge on any atom is 0.119 e. The van der Waals surface area contributed by atoms with Gasteiger partial charge in [-0.2, -0.15) is 0 Å². The molecule has 1 heterocycles. The molecule has 0 aliphatic carbocycles. The lowest BCUT2D eigenvalue weighted by Gasteiger charge is -2.41. The van der Waals surface area contributed by atoms with Crippen LogP contribution in [0.2, 0.25) is 0 Å². The molecule has 152 valence electrons. The lowest BCUT2D eigenvalue weighted by atomic mass is 9.75. The monoisotopic (exact) mass is 383 g/mol. The first-order valence-electron chi connectivity index (χ1n) is 10.4. The topological polar surface area (TPSA) is 52.9 Å². The van der Waals surface area contributed by atoms with Gasteiger partial charge in [-0.3, -0.25) is 4.90 Å². The van der Waals surface area contributed by atoms with Crippen LogP contribution < -0.4 is 4.74 Å². The van der Waals surface area contributed by atoms with E-state index in [0.717, 1.165) is 57.5 Å². The molecular formula is C24H33NO3. The Labute approximate surface area is 168 Å². The van der Waals surface area contributed by atoms with Crippen LogP contribution in [0.5, 0.6) is 5.75 Å². The van der Waals surface area contributed by atoms with Crippen LogP contribution in [0.15, 0.2) is 54.6 Å². The maximum absolute atomic E-state index is 10.1. The second-order valence-electron chi connectivity index (χ2n) is 7.99. The summed E-state index contributed by atoms with van der Waals surface area (Å²) in [5.41, 5.74) is 2.70. The molecule has 1 aliphatic rings. The van der Waals surface area contributed by atoms with Gasteiger partial charge in [0.1, 0.15) is 12.4 Å². The normalized spacial score (nSPS) is 16.8. The van der Waals surface area contributed by atoms with Gasteiger partial charge >= 0.3 is 0 Å². The van der Waals surface area contributed by atoms with Crippen molar-refractivity contribution in [3.05, 3.63) is 65.7 Å². The van der Waals surface area contributed by atoms with Gasteiger partial charge in [0, 0.05) is 13.2 Å². The van der Waals surface area contributed by atoms with Crippen molar-refractivity contribution >= 4 is 0 Å². The summed E-state index contributed by atoms with van der Waals surface area (Å²) in [4.78, 5) is 2.47. The third kappa shape index (κ3) is 6.06. The number of aryl methyl sites for hydroxylation is 1. The smallest absolute Gasteiger partial charge is 0.119 e. The van der Waals surface area contributed by atoms with E-state index in [-0.39, 0.29) is 12.0 Å². The first-order valence-corrected chi connectivity index (χ1v) is 10.4. The minimum atomic E-state index is 0.0316. The Morgan fingerprint density at radius 3 is 2.39 bits per heavy atom. The number of nitrogens with zero attached hydrogens (tertiary/aromatic N) is 1. The molecule has 2 N–H and O–H groups in total. The third-order valence-electron chi connectivity index (χ3n) is 5.93. The van der Waals surface area contributed by atoms with Gasteiger partial charge in [-0.05, 0) is 73.9 Å². The fourth-order valence-electron chi connectivity index (χ4n) is 4.14. The summed E-state index contributed by atoms with van der Waals surface area (Å²) in [7, 11) is 0. The molecule has 2 aromatic carbocycles. The van der Waals surface area contributed by atoms with Crippen LogP contribution in [0.1, 0.15) is 36.8 Å². The number of hydrogen-bond acceptors (Lipinski definition) is 4. The van der Waals surface area contributed by atoms with E-state index in [4.69, 9.17) is 9.84 Å². The Hall–Kier alpha value is -1.88. The predicted octanol–water partition coefficient (Wildman–Crippen LogP) is 3.66. The summed E-state index contributed by atoms with van der Waals surface area (Å²) in [6.07, 6.45) is 5.43. The lowest BCUT2D eigenvalue weighted by Crippen LogP contribution is -2.41. The Bertz CT molecular complexity index is 696. The summed E-state index contributed by atoms with van der Waals surface area (Å²) < 4.78 is 5.51. The summed E-state index contributed by atoms with van der Waals surface area (Å²) in [5.74, 6) is 0.814. The van der Waals surface area contributed by atoms with E-state index >= 15 is 0 Å². The number of aliphatic hydroxyl groups excluding tert-OH is 2. The van der Waals surface area contributed by atoms with E-state index in [1.54, 1.807) is 0 Å². The number of ether oxygens (including phenoxy) is 1. The van der Waals surface area contributed by atoms with Crippen molar-refractivity contribution in [3.8, 4) is 5.75 Å². The molecule has 1 saturated heterocycles. The molecule has 4 heteroatoms. The minimum absolute atomic E-state index is 0.0316. The molecule has 4 nitrogen and oxygen atoms in total. The standard InChI is InChI=1S/C24H33NO3/c26-16-17-28-23-10-4-8-22(18-23)19-25-14-12-24(20-27,13-15-25)11-5-9-21-6-2-1-3-7-21/h1-4,6-8,10,18,26-27H,5,9,11-17,19-20H2. The zero-order valence-electron chi connectivity index (χ0n) is 16.7. The Morgan fingerprint density at radius 1 is 0.929 bits per heavy atom. The molecule has 0 radical (unpaired) electrons. The number of likely N-dealkylation sites (tertiary alicyclic amines) is 1. The Morgan fingerprint density at radius 2 is 1.68 bits per heavy atom. The fourth-order valence-corrected chi connectivity index (χ4v) is 4.14. The number of hydrogen-bond donors (Lipinski definition) is 2. The quantitative estimate of drug-likeness (QED) is 0.657. The minimum Gasteiger partial charge on any atom is -0.491 e. The van der Waals surface area contributed by atoms with Crippen molar-refractivity contribution < 1.29 is 14.9 Å². The van der Waals surface area contributed by atoms with Crippen molar-refractivity contribution in [3.63, 3.8) is 0 Å². The van der Waals surface area contributed by atoms with Crippen LogP contribution in [-0.4, -0.2) is 48.0 Å². The van der Waals surface area contributed by atoms with Crippen LogP contribution in [0, 0.1) is 5.41 Å². The van der Waals surface area contributed by atoms with Gasteiger partial charge in [-0.15, -0.1) is 0 Å². The highest BCUT2D eigenvalue weighted by molar-refractivity contribution is 5.28. The van der Waals surface area contributed by atoms with Crippen LogP contribution in [0.25, 0.3) is 0 Å². The highest BCUT2D eigenvalue weighted by Gasteiger charge is 2.33. The molecule has 1 fully saturated rings. The fraction of sp³-hybridized carbons (Fsp3) is 0.500. The van der Waals surface area contributed by atoms with E-state index in [0.29, 0.717) is 13.2 Å². The molecule has 2 aromatic rings. The van der Waals surface area contributed by atoms with Crippen molar-refractivity contribution in [2.45, 2.75) is 38.6 Å². The summed E-state index contributed by atoms with van der Waals surface area (Å²) in [5, 5.41) is 19.0. The highest BCUT2D eigenvalue weighted by Crippen LogP contribution is 2.36. The molecule has 28 heavy (non-hydrogen) atoms. The maximum atomic E-state index is 10.1. The van der Waals surface area contributed by atoms with Crippen LogP contribution in [0.4, 0.5) is 0 Å². The van der Waals surface area contributed by atoms with E-state index in [1.807, 2.05) is 12.1 Å². The van der Waals surface area contributed by atoms with Gasteiger partial charge in [0.05, 0.1) is 6.61 Å². The summed E-state index contributed by atoms with van der Waals surface area (Å²) >= 11 is 0. The van der Waals surface area contributed by atoms with Gasteiger partial charge in [0.2, 0.25) is 0 Å². The second-order valence-corrected chi connectivity index (χ2v) is 7.99. The van der Waals surface area contributed by atoms with Crippen molar-refractivity contribution in [2.75, 3.05) is 32.9 Å². The van der Waals surface area contributed by atoms with Crippen LogP contribution in [-0.2, 0) is 13.0 Å². The second kappa shape index (κ2) is 10.6. The molecule has 0 saturated carbocycles. The van der Waals surface area contributed by atoms with Gasteiger partial charge in [0.15, 0.2) is 0 Å². The van der Waals surface area contributed by atoms with E-state index in [2.05, 4.69) is 47.4 Å². The summed E-state index contributed by atoms with van der Waals surface area (Å²) in [6, 6.07) is 18.7. The Kier molecular flexibility index (Phi) is 7.90. The largest absolute Gasteiger partial charge is 0.491 e. The van der Waals surface area contributed by atoms with E-state index in [9.17, 15) is 5.11 Å². The number of aliphatic hydroxyl groups is 2. The highest BCUT2D eigenvalue weighted by atomic mass is 16.5. The number of benzene rings is 2. The molecule has 0 unspecified atom stereocenters. The summed E-state index contributed by atoms with van der Waals surface area (Å²) in [6.45, 7) is 3.60. The van der Waals surface area contributed by atoms with Gasteiger partial charge < -0.3 is 14.9 Å². The van der Waals surface area contributed by atoms with Crippen molar-refractivity contribution in [1.29, 1.82) is 0 Å². The molecule has 0 aromatic heterocycles. The lowest BCUT2D eigenvalue weighted by molar-refractivity contribution is 0.0330. The molecule has 0 atom stereocenters. The van der Waals surface area contributed by atoms with E-state index < -0.39 is 0 Å². The van der Waals surface area contributed by atoms with Crippen molar-refractivity contribution in [1.82, 2.24) is 4.90 Å². The zero-order valence-corrected chi connectivity index (χ0v) is 16.7. The first kappa shape index (κ1) is 20.8. The Balaban J connectivity index is 1.47. The van der Waals surface area contributed by atoms with Crippen LogP contribution >= 0.6 is 0 Å². The van der Waals surface area contributed by atoms with Gasteiger partial charge in [-0.1, -0.05) is 42.5 Å². The van der Waals surface area contributed by atoms with Gasteiger partial charge in [-0.25, -0.2) is 0 Å². The average Bonchev–Trinajstić information content (AvgIpc) is 2.75. The number of piperidine rings is 1. The van der Waals surface area contributed by atoms with E-state index in [1.165, 1.54) is 11.1 Å². The molecule has 3 rings (SSSR count). The molecule has 0 bridgehead atoms. The number of rotatable bonds is 10. The SMILES string of the molecule is OCCOc1cccc(CN2CCC(CO)(CCCc3ccccc3)CC2)c1. The van der Waals surface area contributed by atoms with Crippen LogP contribution in [0.3, 0.4) is 0 Å².